The number of anilines is 1. The highest BCUT2D eigenvalue weighted by molar-refractivity contribution is 5.86. The highest BCUT2D eigenvalue weighted by Gasteiger charge is 2.34. The lowest BCUT2D eigenvalue weighted by atomic mass is 9.99. The summed E-state index contributed by atoms with van der Waals surface area (Å²) in [4.78, 5) is 19.2. The number of benzene rings is 1. The van der Waals surface area contributed by atoms with Gasteiger partial charge in [0.05, 0.1) is 5.54 Å². The van der Waals surface area contributed by atoms with Gasteiger partial charge in [-0.3, -0.25) is 9.69 Å². The number of nitrogens with zero attached hydrogens (tertiary/aromatic N) is 3. The van der Waals surface area contributed by atoms with Gasteiger partial charge in [0.1, 0.15) is 5.82 Å². The average Bonchev–Trinajstić information content (AvgIpc) is 2.61. The molecule has 1 amide bonds. The van der Waals surface area contributed by atoms with Crippen LogP contribution in [0.25, 0.3) is 0 Å². The van der Waals surface area contributed by atoms with E-state index in [0.717, 1.165) is 57.8 Å². The topological polar surface area (TPSA) is 52.8 Å². The summed E-state index contributed by atoms with van der Waals surface area (Å²) in [5.74, 6) is -0.153. The van der Waals surface area contributed by atoms with Gasteiger partial charge >= 0.3 is 0 Å². The first-order valence-electron chi connectivity index (χ1n) is 9.17. The summed E-state index contributed by atoms with van der Waals surface area (Å²) in [5.41, 5.74) is 6.26. The van der Waals surface area contributed by atoms with Crippen LogP contribution in [0.4, 0.5) is 10.1 Å². The SMILES string of the molecule is CC(C)(N)C(=O)N1CCCC(N2CCN(c3ccc(F)cc3)CC2)C1.Cl.Cl. The summed E-state index contributed by atoms with van der Waals surface area (Å²) in [6.07, 6.45) is 2.16. The zero-order valence-electron chi connectivity index (χ0n) is 16.1. The lowest BCUT2D eigenvalue weighted by molar-refractivity contribution is -0.138. The molecule has 0 aromatic heterocycles. The van der Waals surface area contributed by atoms with Crippen molar-refractivity contribution in [2.24, 2.45) is 5.73 Å². The maximum absolute atomic E-state index is 13.1. The predicted octanol–water partition coefficient (Wildman–Crippen LogP) is 2.52. The van der Waals surface area contributed by atoms with Crippen molar-refractivity contribution < 1.29 is 9.18 Å². The van der Waals surface area contributed by atoms with E-state index in [0.29, 0.717) is 6.04 Å². The fourth-order valence-corrected chi connectivity index (χ4v) is 3.84. The molecule has 1 aromatic carbocycles. The smallest absolute Gasteiger partial charge is 0.242 e. The molecule has 2 heterocycles. The molecule has 0 spiro atoms. The van der Waals surface area contributed by atoms with Gasteiger partial charge in [-0.15, -0.1) is 24.8 Å². The van der Waals surface area contributed by atoms with Crippen LogP contribution in [0.5, 0.6) is 0 Å². The number of hydrogen-bond donors (Lipinski definition) is 1. The maximum Gasteiger partial charge on any atom is 0.242 e. The van der Waals surface area contributed by atoms with Gasteiger partial charge in [-0.2, -0.15) is 0 Å². The van der Waals surface area contributed by atoms with Gasteiger partial charge in [-0.05, 0) is 51.0 Å². The fraction of sp³-hybridized carbons (Fsp3) is 0.632. The van der Waals surface area contributed by atoms with Crippen molar-refractivity contribution in [1.29, 1.82) is 0 Å². The lowest BCUT2D eigenvalue weighted by Gasteiger charge is -2.44. The number of piperazine rings is 1. The molecule has 5 nitrogen and oxygen atoms in total. The first kappa shape index (κ1) is 24.0. The normalized spacial score (nSPS) is 21.3. The minimum Gasteiger partial charge on any atom is -0.369 e. The first-order valence-corrected chi connectivity index (χ1v) is 9.17. The van der Waals surface area contributed by atoms with Crippen LogP contribution in [-0.4, -0.2) is 66.6 Å². The quantitative estimate of drug-likeness (QED) is 0.815. The predicted molar refractivity (Wildman–Crippen MR) is 113 cm³/mol. The van der Waals surface area contributed by atoms with Crippen LogP contribution in [0.3, 0.4) is 0 Å². The van der Waals surface area contributed by atoms with Crippen molar-refractivity contribution in [3.8, 4) is 0 Å². The monoisotopic (exact) mass is 420 g/mol. The van der Waals surface area contributed by atoms with E-state index >= 15 is 0 Å². The Kier molecular flexibility index (Phi) is 8.80. The van der Waals surface area contributed by atoms with Gasteiger partial charge in [-0.1, -0.05) is 0 Å². The second-order valence-electron chi connectivity index (χ2n) is 7.77. The molecular formula is C19H31Cl2FN4O. The van der Waals surface area contributed by atoms with Gasteiger partial charge in [0, 0.05) is 51.0 Å². The summed E-state index contributed by atoms with van der Waals surface area (Å²) >= 11 is 0. The third-order valence-electron chi connectivity index (χ3n) is 5.26. The van der Waals surface area contributed by atoms with E-state index in [4.69, 9.17) is 5.73 Å². The van der Waals surface area contributed by atoms with E-state index < -0.39 is 5.54 Å². The number of carbonyl (C=O) groups is 1. The zero-order valence-corrected chi connectivity index (χ0v) is 17.7. The molecule has 1 atom stereocenters. The Morgan fingerprint density at radius 3 is 2.22 bits per heavy atom. The third kappa shape index (κ3) is 5.95. The highest BCUT2D eigenvalue weighted by atomic mass is 35.5. The van der Waals surface area contributed by atoms with E-state index in [2.05, 4.69) is 9.80 Å². The van der Waals surface area contributed by atoms with Crippen molar-refractivity contribution in [3.63, 3.8) is 0 Å². The van der Waals surface area contributed by atoms with Crippen LogP contribution in [0, 0.1) is 5.82 Å². The summed E-state index contributed by atoms with van der Waals surface area (Å²) in [5, 5.41) is 0. The van der Waals surface area contributed by atoms with E-state index in [1.165, 1.54) is 12.1 Å². The standard InChI is InChI=1S/C19H29FN4O.2ClH/c1-19(2,21)18(25)24-9-3-4-17(14-24)23-12-10-22(11-13-23)16-7-5-15(20)6-8-16;;/h5-8,17H,3-4,9-14,21H2,1-2H3;2*1H. The molecule has 1 unspecified atom stereocenters. The van der Waals surface area contributed by atoms with Crippen LogP contribution in [-0.2, 0) is 4.79 Å². The molecule has 2 fully saturated rings. The number of piperidine rings is 1. The van der Waals surface area contributed by atoms with Crippen molar-refractivity contribution in [2.75, 3.05) is 44.2 Å². The zero-order chi connectivity index (χ0) is 18.0. The molecule has 2 aliphatic rings. The number of hydrogen-bond acceptors (Lipinski definition) is 4. The minimum absolute atomic E-state index is 0. The minimum atomic E-state index is -0.802. The summed E-state index contributed by atoms with van der Waals surface area (Å²) in [6.45, 7) is 8.94. The number of halogens is 3. The molecule has 154 valence electrons. The second-order valence-corrected chi connectivity index (χ2v) is 7.77. The third-order valence-corrected chi connectivity index (χ3v) is 5.26. The molecule has 0 bridgehead atoms. The van der Waals surface area contributed by atoms with Crippen molar-refractivity contribution in [2.45, 2.75) is 38.3 Å². The van der Waals surface area contributed by atoms with E-state index in [1.807, 2.05) is 17.0 Å². The molecule has 1 aromatic rings. The Bertz CT molecular complexity index is 601. The summed E-state index contributed by atoms with van der Waals surface area (Å²) in [6, 6.07) is 7.13. The number of rotatable bonds is 3. The molecule has 2 saturated heterocycles. The van der Waals surface area contributed by atoms with Crippen LogP contribution in [0.15, 0.2) is 24.3 Å². The van der Waals surface area contributed by atoms with Gasteiger partial charge in [0.25, 0.3) is 0 Å². The Labute approximate surface area is 173 Å². The first-order chi connectivity index (χ1) is 11.8. The van der Waals surface area contributed by atoms with Gasteiger partial charge in [0.15, 0.2) is 0 Å². The van der Waals surface area contributed by atoms with E-state index in [1.54, 1.807) is 13.8 Å². The average molecular weight is 421 g/mol. The molecule has 2 aliphatic heterocycles. The number of nitrogens with two attached hydrogens (primary N) is 1. The van der Waals surface area contributed by atoms with Gasteiger partial charge < -0.3 is 15.5 Å². The second kappa shape index (κ2) is 9.92. The lowest BCUT2D eigenvalue weighted by Crippen LogP contribution is -2.59. The van der Waals surface area contributed by atoms with Crippen molar-refractivity contribution in [3.05, 3.63) is 30.1 Å². The molecular weight excluding hydrogens is 390 g/mol. The largest absolute Gasteiger partial charge is 0.369 e. The Morgan fingerprint density at radius 1 is 1.07 bits per heavy atom. The molecule has 0 radical (unpaired) electrons. The van der Waals surface area contributed by atoms with E-state index in [-0.39, 0.29) is 36.5 Å². The molecule has 0 aliphatic carbocycles. The maximum atomic E-state index is 13.1. The molecule has 27 heavy (non-hydrogen) atoms. The van der Waals surface area contributed by atoms with Crippen LogP contribution in [0.1, 0.15) is 26.7 Å². The Balaban J connectivity index is 0.00000182. The number of amides is 1. The van der Waals surface area contributed by atoms with Crippen LogP contribution >= 0.6 is 24.8 Å². The van der Waals surface area contributed by atoms with Crippen LogP contribution in [0.2, 0.25) is 0 Å². The van der Waals surface area contributed by atoms with Crippen LogP contribution < -0.4 is 10.6 Å². The van der Waals surface area contributed by atoms with Gasteiger partial charge in [-0.25, -0.2) is 4.39 Å². The van der Waals surface area contributed by atoms with E-state index in [9.17, 15) is 9.18 Å². The van der Waals surface area contributed by atoms with Crippen molar-refractivity contribution in [1.82, 2.24) is 9.80 Å². The Hall–Kier alpha value is -1.08. The fourth-order valence-electron chi connectivity index (χ4n) is 3.84. The summed E-state index contributed by atoms with van der Waals surface area (Å²) < 4.78 is 13.1. The molecule has 3 rings (SSSR count). The number of carbonyl (C=O) groups excluding carboxylic acids is 1. The summed E-state index contributed by atoms with van der Waals surface area (Å²) in [7, 11) is 0. The number of likely N-dealkylation sites (tertiary alicyclic amines) is 1. The molecule has 2 N–H and O–H groups in total. The molecule has 0 saturated carbocycles. The Morgan fingerprint density at radius 2 is 1.67 bits per heavy atom. The molecule has 8 heteroatoms. The van der Waals surface area contributed by atoms with Gasteiger partial charge in [0.2, 0.25) is 5.91 Å². The van der Waals surface area contributed by atoms with Crippen molar-refractivity contribution >= 4 is 36.4 Å². The highest BCUT2D eigenvalue weighted by Crippen LogP contribution is 2.22.